The average molecular weight is 292 g/mol. The lowest BCUT2D eigenvalue weighted by atomic mass is 10.2. The van der Waals surface area contributed by atoms with Crippen molar-refractivity contribution in [2.24, 2.45) is 0 Å². The van der Waals surface area contributed by atoms with E-state index in [4.69, 9.17) is 9.63 Å². The maximum Gasteiger partial charge on any atom is 0.326 e. The van der Waals surface area contributed by atoms with Crippen molar-refractivity contribution >= 4 is 11.9 Å². The van der Waals surface area contributed by atoms with E-state index in [0.29, 0.717) is 12.3 Å². The minimum absolute atomic E-state index is 0.0736. The summed E-state index contributed by atoms with van der Waals surface area (Å²) < 4.78 is 6.74. The van der Waals surface area contributed by atoms with Gasteiger partial charge in [-0.05, 0) is 19.4 Å². The highest BCUT2D eigenvalue weighted by molar-refractivity contribution is 5.94. The predicted molar refractivity (Wildman–Crippen MR) is 71.8 cm³/mol. The molecular formula is C13H16N4O4. The van der Waals surface area contributed by atoms with Gasteiger partial charge in [0.25, 0.3) is 5.91 Å². The van der Waals surface area contributed by atoms with Gasteiger partial charge >= 0.3 is 5.97 Å². The lowest BCUT2D eigenvalue weighted by molar-refractivity contribution is -0.141. The molecule has 2 rings (SSSR count). The molecule has 1 atom stereocenters. The van der Waals surface area contributed by atoms with Gasteiger partial charge in [0.05, 0.1) is 6.20 Å². The monoisotopic (exact) mass is 292 g/mol. The number of hydrogen-bond donors (Lipinski definition) is 1. The molecule has 8 heteroatoms. The van der Waals surface area contributed by atoms with Crippen LogP contribution in [0.5, 0.6) is 0 Å². The molecule has 0 saturated carbocycles. The summed E-state index contributed by atoms with van der Waals surface area (Å²) in [6.45, 7) is 3.70. The van der Waals surface area contributed by atoms with Crippen LogP contribution in [0.15, 0.2) is 23.0 Å². The molecule has 1 amide bonds. The number of carbonyl (C=O) groups is 2. The third-order valence-corrected chi connectivity index (χ3v) is 3.12. The Morgan fingerprint density at radius 1 is 1.52 bits per heavy atom. The Kier molecular flexibility index (Phi) is 4.06. The van der Waals surface area contributed by atoms with Crippen LogP contribution in [0.3, 0.4) is 0 Å². The first-order valence-corrected chi connectivity index (χ1v) is 6.33. The predicted octanol–water partition coefficient (Wildman–Crippen LogP) is 0.773. The number of nitrogens with zero attached hydrogens (tertiary/aromatic N) is 4. The van der Waals surface area contributed by atoms with Crippen LogP contribution >= 0.6 is 0 Å². The summed E-state index contributed by atoms with van der Waals surface area (Å²) in [4.78, 5) is 24.1. The molecule has 0 aliphatic carbocycles. The molecule has 21 heavy (non-hydrogen) atoms. The quantitative estimate of drug-likeness (QED) is 0.873. The highest BCUT2D eigenvalue weighted by Gasteiger charge is 2.25. The maximum absolute atomic E-state index is 12.1. The lowest BCUT2D eigenvalue weighted by Crippen LogP contribution is -2.40. The van der Waals surface area contributed by atoms with Crippen molar-refractivity contribution in [3.05, 3.63) is 35.5 Å². The number of carboxylic acids is 1. The third-order valence-electron chi connectivity index (χ3n) is 3.12. The number of aliphatic carboxylic acids is 1. The van der Waals surface area contributed by atoms with E-state index in [2.05, 4.69) is 10.3 Å². The standard InChI is InChI=1S/C13H16N4O4/c1-8-5-14-17(6-8)7-10-4-11(15-21-10)12(18)16(3)9(2)13(19)20/h4-6,9H,7H2,1-3H3,(H,19,20). The molecule has 0 aliphatic rings. The second-order valence-electron chi connectivity index (χ2n) is 4.82. The molecule has 0 aromatic carbocycles. The van der Waals surface area contributed by atoms with Gasteiger partial charge < -0.3 is 14.5 Å². The number of aryl methyl sites for hydroxylation is 1. The Labute approximate surface area is 120 Å². The Hall–Kier alpha value is -2.64. The number of aromatic nitrogens is 3. The van der Waals surface area contributed by atoms with Gasteiger partial charge in [0, 0.05) is 19.3 Å². The summed E-state index contributed by atoms with van der Waals surface area (Å²) in [6.07, 6.45) is 3.55. The molecule has 0 spiro atoms. The number of hydrogen-bond acceptors (Lipinski definition) is 5. The van der Waals surface area contributed by atoms with E-state index in [9.17, 15) is 9.59 Å². The van der Waals surface area contributed by atoms with E-state index >= 15 is 0 Å². The van der Waals surface area contributed by atoms with Gasteiger partial charge in [-0.2, -0.15) is 5.10 Å². The highest BCUT2D eigenvalue weighted by Crippen LogP contribution is 2.10. The average Bonchev–Trinajstić information content (AvgIpc) is 3.06. The molecule has 1 unspecified atom stereocenters. The van der Waals surface area contributed by atoms with E-state index in [1.165, 1.54) is 20.0 Å². The van der Waals surface area contributed by atoms with E-state index in [1.54, 1.807) is 10.9 Å². The van der Waals surface area contributed by atoms with Crippen LogP contribution in [-0.4, -0.2) is 49.9 Å². The molecular weight excluding hydrogens is 276 g/mol. The summed E-state index contributed by atoms with van der Waals surface area (Å²) in [5.41, 5.74) is 1.09. The van der Waals surface area contributed by atoms with Crippen LogP contribution < -0.4 is 0 Å². The summed E-state index contributed by atoms with van der Waals surface area (Å²) >= 11 is 0. The molecule has 2 heterocycles. The molecule has 1 N–H and O–H groups in total. The smallest absolute Gasteiger partial charge is 0.326 e. The van der Waals surface area contributed by atoms with Crippen LogP contribution in [0, 0.1) is 6.92 Å². The van der Waals surface area contributed by atoms with Crippen LogP contribution in [0.2, 0.25) is 0 Å². The summed E-state index contributed by atoms with van der Waals surface area (Å²) in [7, 11) is 1.41. The minimum Gasteiger partial charge on any atom is -0.480 e. The fourth-order valence-electron chi connectivity index (χ4n) is 1.72. The van der Waals surface area contributed by atoms with Crippen molar-refractivity contribution in [2.45, 2.75) is 26.4 Å². The zero-order chi connectivity index (χ0) is 15.6. The number of amides is 1. The molecule has 2 aromatic rings. The molecule has 0 fully saturated rings. The second-order valence-corrected chi connectivity index (χ2v) is 4.82. The van der Waals surface area contributed by atoms with Crippen molar-refractivity contribution in [1.82, 2.24) is 19.8 Å². The fourth-order valence-corrected chi connectivity index (χ4v) is 1.72. The van der Waals surface area contributed by atoms with Crippen LogP contribution in [0.25, 0.3) is 0 Å². The number of rotatable bonds is 5. The maximum atomic E-state index is 12.1. The minimum atomic E-state index is -1.08. The van der Waals surface area contributed by atoms with E-state index in [-0.39, 0.29) is 5.69 Å². The van der Waals surface area contributed by atoms with Crippen molar-refractivity contribution in [3.8, 4) is 0 Å². The topological polar surface area (TPSA) is 101 Å². The first-order valence-electron chi connectivity index (χ1n) is 6.33. The summed E-state index contributed by atoms with van der Waals surface area (Å²) in [5.74, 6) is -1.11. The zero-order valence-corrected chi connectivity index (χ0v) is 12.0. The second kappa shape index (κ2) is 5.78. The Bertz CT molecular complexity index is 661. The molecule has 2 aromatic heterocycles. The fraction of sp³-hybridized carbons (Fsp3) is 0.385. The molecule has 0 bridgehead atoms. The first-order chi connectivity index (χ1) is 9.88. The van der Waals surface area contributed by atoms with Gasteiger partial charge in [0.2, 0.25) is 0 Å². The van der Waals surface area contributed by atoms with Gasteiger partial charge in [-0.15, -0.1) is 0 Å². The Balaban J connectivity index is 2.08. The summed E-state index contributed by atoms with van der Waals surface area (Å²) in [6, 6.07) is 0.552. The van der Waals surface area contributed by atoms with Gasteiger partial charge in [-0.3, -0.25) is 9.48 Å². The van der Waals surface area contributed by atoms with Crippen LogP contribution in [-0.2, 0) is 11.3 Å². The van der Waals surface area contributed by atoms with E-state index < -0.39 is 17.9 Å². The van der Waals surface area contributed by atoms with Gasteiger partial charge in [-0.1, -0.05) is 5.16 Å². The van der Waals surface area contributed by atoms with Crippen LogP contribution in [0.4, 0.5) is 0 Å². The Morgan fingerprint density at radius 3 is 2.81 bits per heavy atom. The molecule has 0 radical (unpaired) electrons. The van der Waals surface area contributed by atoms with E-state index in [0.717, 1.165) is 10.5 Å². The van der Waals surface area contributed by atoms with Crippen LogP contribution in [0.1, 0.15) is 28.7 Å². The largest absolute Gasteiger partial charge is 0.480 e. The Morgan fingerprint density at radius 2 is 2.24 bits per heavy atom. The first kappa shape index (κ1) is 14.8. The van der Waals surface area contributed by atoms with Gasteiger partial charge in [0.15, 0.2) is 11.5 Å². The third kappa shape index (κ3) is 3.28. The SMILES string of the molecule is Cc1cnn(Cc2cc(C(=O)N(C)C(C)C(=O)O)no2)c1. The number of carbonyl (C=O) groups excluding carboxylic acids is 1. The van der Waals surface area contributed by atoms with Crippen molar-refractivity contribution in [3.63, 3.8) is 0 Å². The van der Waals surface area contributed by atoms with Crippen molar-refractivity contribution in [1.29, 1.82) is 0 Å². The zero-order valence-electron chi connectivity index (χ0n) is 12.0. The lowest BCUT2D eigenvalue weighted by Gasteiger charge is -2.19. The summed E-state index contributed by atoms with van der Waals surface area (Å²) in [5, 5.41) is 16.7. The number of carboxylic acid groups (broad SMARTS) is 1. The molecule has 0 aliphatic heterocycles. The van der Waals surface area contributed by atoms with Gasteiger partial charge in [-0.25, -0.2) is 4.79 Å². The molecule has 112 valence electrons. The number of likely N-dealkylation sites (N-methyl/N-ethyl adjacent to an activating group) is 1. The van der Waals surface area contributed by atoms with E-state index in [1.807, 2.05) is 13.1 Å². The van der Waals surface area contributed by atoms with Crippen molar-refractivity contribution < 1.29 is 19.2 Å². The van der Waals surface area contributed by atoms with Gasteiger partial charge in [0.1, 0.15) is 12.6 Å². The normalized spacial score (nSPS) is 12.1. The van der Waals surface area contributed by atoms with Crippen molar-refractivity contribution in [2.75, 3.05) is 7.05 Å². The highest BCUT2D eigenvalue weighted by atomic mass is 16.5. The molecule has 8 nitrogen and oxygen atoms in total. The molecule has 0 saturated heterocycles.